The molecule has 2 fully saturated rings. The van der Waals surface area contributed by atoms with E-state index in [1.807, 2.05) is 0 Å². The van der Waals surface area contributed by atoms with Crippen molar-refractivity contribution in [2.24, 2.45) is 11.8 Å². The van der Waals surface area contributed by atoms with Crippen LogP contribution in [0.1, 0.15) is 25.7 Å². The Bertz CT molecular complexity index is 201. The molecule has 0 aromatic heterocycles. The zero-order valence-electron chi connectivity index (χ0n) is 8.08. The molecule has 0 bridgehead atoms. The zero-order chi connectivity index (χ0) is 9.26. The predicted molar refractivity (Wildman–Crippen MR) is 49.3 cm³/mol. The number of hydrogen-bond acceptors (Lipinski definition) is 3. The van der Waals surface area contributed by atoms with Crippen LogP contribution in [0.2, 0.25) is 0 Å². The first-order valence-corrected chi connectivity index (χ1v) is 5.14. The van der Waals surface area contributed by atoms with E-state index in [-0.39, 0.29) is 12.0 Å². The van der Waals surface area contributed by atoms with Gasteiger partial charge in [-0.15, -0.1) is 0 Å². The van der Waals surface area contributed by atoms with Crippen molar-refractivity contribution in [1.82, 2.24) is 5.32 Å². The Kier molecular flexibility index (Phi) is 2.54. The highest BCUT2D eigenvalue weighted by molar-refractivity contribution is 5.76. The number of ether oxygens (including phenoxy) is 1. The van der Waals surface area contributed by atoms with Crippen LogP contribution in [0.15, 0.2) is 0 Å². The number of carbonyl (C=O) groups is 1. The smallest absolute Gasteiger partial charge is 0.323 e. The molecule has 3 heteroatoms. The molecule has 1 N–H and O–H groups in total. The minimum Gasteiger partial charge on any atom is -0.468 e. The molecule has 3 nitrogen and oxygen atoms in total. The van der Waals surface area contributed by atoms with Crippen molar-refractivity contribution in [1.29, 1.82) is 0 Å². The topological polar surface area (TPSA) is 38.3 Å². The second-order valence-corrected chi connectivity index (χ2v) is 4.10. The summed E-state index contributed by atoms with van der Waals surface area (Å²) in [4.78, 5) is 11.4. The minimum absolute atomic E-state index is 0.0182. The normalized spacial score (nSPS) is 34.2. The van der Waals surface area contributed by atoms with Crippen molar-refractivity contribution in [2.45, 2.75) is 31.7 Å². The molecule has 0 amide bonds. The zero-order valence-corrected chi connectivity index (χ0v) is 8.08. The third-order valence-electron chi connectivity index (χ3n) is 3.48. The Balaban J connectivity index is 1.96. The molecule has 0 unspecified atom stereocenters. The van der Waals surface area contributed by atoms with E-state index in [1.54, 1.807) is 0 Å². The van der Waals surface area contributed by atoms with Gasteiger partial charge in [0.25, 0.3) is 0 Å². The summed E-state index contributed by atoms with van der Waals surface area (Å²) in [5, 5.41) is 3.23. The number of carbonyl (C=O) groups excluding carboxylic acids is 1. The molecule has 1 aliphatic carbocycles. The average molecular weight is 183 g/mol. The van der Waals surface area contributed by atoms with Crippen LogP contribution in [0.3, 0.4) is 0 Å². The van der Waals surface area contributed by atoms with Gasteiger partial charge in [0.15, 0.2) is 0 Å². The van der Waals surface area contributed by atoms with Gasteiger partial charge in [0.05, 0.1) is 7.11 Å². The van der Waals surface area contributed by atoms with E-state index in [9.17, 15) is 4.79 Å². The van der Waals surface area contributed by atoms with E-state index < -0.39 is 0 Å². The largest absolute Gasteiger partial charge is 0.468 e. The molecule has 74 valence electrons. The fraction of sp³-hybridized carbons (Fsp3) is 0.900. The minimum atomic E-state index is -0.0746. The maximum absolute atomic E-state index is 11.4. The molecule has 2 atom stereocenters. The SMILES string of the molecule is COC(=O)[C@@H]1NCC[C@@H]1C1CCC1. The molecular formula is C10H17NO2. The van der Waals surface area contributed by atoms with Crippen molar-refractivity contribution in [3.8, 4) is 0 Å². The molecular weight excluding hydrogens is 166 g/mol. The van der Waals surface area contributed by atoms with Crippen LogP contribution in [0.25, 0.3) is 0 Å². The van der Waals surface area contributed by atoms with Crippen LogP contribution >= 0.6 is 0 Å². The molecule has 0 radical (unpaired) electrons. The van der Waals surface area contributed by atoms with Crippen LogP contribution in [-0.4, -0.2) is 25.7 Å². The Labute approximate surface area is 78.8 Å². The molecule has 1 heterocycles. The van der Waals surface area contributed by atoms with Crippen molar-refractivity contribution in [3.63, 3.8) is 0 Å². The standard InChI is InChI=1S/C10H17NO2/c1-13-10(12)9-8(5-6-11-9)7-3-2-4-7/h7-9,11H,2-6H2,1H3/t8-,9-/m1/s1. The van der Waals surface area contributed by atoms with E-state index in [0.717, 1.165) is 18.9 Å². The lowest BCUT2D eigenvalue weighted by Gasteiger charge is -2.33. The maximum Gasteiger partial charge on any atom is 0.323 e. The predicted octanol–water partition coefficient (Wildman–Crippen LogP) is 0.938. The highest BCUT2D eigenvalue weighted by Crippen LogP contribution is 2.38. The summed E-state index contributed by atoms with van der Waals surface area (Å²) in [5.41, 5.74) is 0. The van der Waals surface area contributed by atoms with Crippen molar-refractivity contribution in [2.75, 3.05) is 13.7 Å². The van der Waals surface area contributed by atoms with Gasteiger partial charge < -0.3 is 10.1 Å². The van der Waals surface area contributed by atoms with Crippen molar-refractivity contribution in [3.05, 3.63) is 0 Å². The molecule has 1 saturated carbocycles. The summed E-state index contributed by atoms with van der Waals surface area (Å²) in [6, 6.07) is -0.0182. The molecule has 0 aromatic rings. The molecule has 2 aliphatic rings. The van der Waals surface area contributed by atoms with Gasteiger partial charge >= 0.3 is 5.97 Å². The van der Waals surface area contributed by atoms with Crippen LogP contribution in [-0.2, 0) is 9.53 Å². The summed E-state index contributed by atoms with van der Waals surface area (Å²) >= 11 is 0. The van der Waals surface area contributed by atoms with Gasteiger partial charge in [-0.25, -0.2) is 0 Å². The summed E-state index contributed by atoms with van der Waals surface area (Å²) in [6.45, 7) is 0.973. The summed E-state index contributed by atoms with van der Waals surface area (Å²) in [7, 11) is 1.47. The Morgan fingerprint density at radius 2 is 2.15 bits per heavy atom. The third kappa shape index (κ3) is 1.57. The average Bonchev–Trinajstić information content (AvgIpc) is 2.49. The van der Waals surface area contributed by atoms with E-state index >= 15 is 0 Å². The second kappa shape index (κ2) is 3.66. The second-order valence-electron chi connectivity index (χ2n) is 4.10. The lowest BCUT2D eigenvalue weighted by atomic mass is 9.73. The quantitative estimate of drug-likeness (QED) is 0.647. The Morgan fingerprint density at radius 1 is 1.38 bits per heavy atom. The van der Waals surface area contributed by atoms with Crippen LogP contribution in [0.4, 0.5) is 0 Å². The van der Waals surface area contributed by atoms with E-state index in [0.29, 0.717) is 5.92 Å². The molecule has 1 aliphatic heterocycles. The van der Waals surface area contributed by atoms with Crippen LogP contribution in [0, 0.1) is 11.8 Å². The third-order valence-corrected chi connectivity index (χ3v) is 3.48. The lowest BCUT2D eigenvalue weighted by molar-refractivity contribution is -0.144. The number of methoxy groups -OCH3 is 1. The Morgan fingerprint density at radius 3 is 2.69 bits per heavy atom. The Hall–Kier alpha value is -0.570. The number of esters is 1. The van der Waals surface area contributed by atoms with Crippen molar-refractivity contribution < 1.29 is 9.53 Å². The van der Waals surface area contributed by atoms with Gasteiger partial charge in [0.1, 0.15) is 6.04 Å². The summed E-state index contributed by atoms with van der Waals surface area (Å²) < 4.78 is 4.78. The highest BCUT2D eigenvalue weighted by Gasteiger charge is 2.40. The molecule has 1 saturated heterocycles. The van der Waals surface area contributed by atoms with Gasteiger partial charge in [-0.05, 0) is 24.8 Å². The molecule has 0 spiro atoms. The highest BCUT2D eigenvalue weighted by atomic mass is 16.5. The van der Waals surface area contributed by atoms with Crippen LogP contribution < -0.4 is 5.32 Å². The van der Waals surface area contributed by atoms with Gasteiger partial charge in [0, 0.05) is 0 Å². The fourth-order valence-corrected chi connectivity index (χ4v) is 2.48. The van der Waals surface area contributed by atoms with Gasteiger partial charge in [-0.3, -0.25) is 4.79 Å². The van der Waals surface area contributed by atoms with E-state index in [1.165, 1.54) is 26.4 Å². The monoisotopic (exact) mass is 183 g/mol. The molecule has 0 aromatic carbocycles. The number of rotatable bonds is 2. The van der Waals surface area contributed by atoms with Crippen LogP contribution in [0.5, 0.6) is 0 Å². The maximum atomic E-state index is 11.4. The first kappa shape index (κ1) is 9.00. The van der Waals surface area contributed by atoms with Gasteiger partial charge in [-0.2, -0.15) is 0 Å². The molecule has 2 rings (SSSR count). The van der Waals surface area contributed by atoms with Gasteiger partial charge in [-0.1, -0.05) is 19.3 Å². The van der Waals surface area contributed by atoms with Gasteiger partial charge in [0.2, 0.25) is 0 Å². The van der Waals surface area contributed by atoms with E-state index in [2.05, 4.69) is 5.32 Å². The molecule has 13 heavy (non-hydrogen) atoms. The summed E-state index contributed by atoms with van der Waals surface area (Å²) in [6.07, 6.45) is 5.10. The lowest BCUT2D eigenvalue weighted by Crippen LogP contribution is -2.40. The first-order valence-electron chi connectivity index (χ1n) is 5.14. The fourth-order valence-electron chi connectivity index (χ4n) is 2.48. The number of nitrogens with one attached hydrogen (secondary N) is 1. The first-order chi connectivity index (χ1) is 6.33. The number of hydrogen-bond donors (Lipinski definition) is 1. The summed E-state index contributed by atoms with van der Waals surface area (Å²) in [5.74, 6) is 1.25. The van der Waals surface area contributed by atoms with Crippen molar-refractivity contribution >= 4 is 5.97 Å². The van der Waals surface area contributed by atoms with E-state index in [4.69, 9.17) is 4.74 Å².